The predicted octanol–water partition coefficient (Wildman–Crippen LogP) is 3.88. The van der Waals surface area contributed by atoms with E-state index < -0.39 is 11.6 Å². The zero-order valence-corrected chi connectivity index (χ0v) is 19.7. The predicted molar refractivity (Wildman–Crippen MR) is 131 cm³/mol. The van der Waals surface area contributed by atoms with Gasteiger partial charge in [-0.25, -0.2) is 18.7 Å². The zero-order chi connectivity index (χ0) is 25.7. The summed E-state index contributed by atoms with van der Waals surface area (Å²) in [5.41, 5.74) is 0.643. The van der Waals surface area contributed by atoms with Crippen LogP contribution in [0.15, 0.2) is 36.8 Å². The number of terminal acetylenes is 1. The number of amidine groups is 2. The first-order valence-electron chi connectivity index (χ1n) is 10.9. The first-order chi connectivity index (χ1) is 17.0. The fourth-order valence-electron chi connectivity index (χ4n) is 3.90. The Balaban J connectivity index is 0.000000815. The number of ether oxygens (including phenoxy) is 1. The van der Waals surface area contributed by atoms with Gasteiger partial charge in [-0.2, -0.15) is 4.98 Å². The highest BCUT2D eigenvalue weighted by atomic mass is 19.1. The minimum atomic E-state index is -0.738. The number of rotatable bonds is 2. The Hall–Kier alpha value is -4.17. The minimum Gasteiger partial charge on any atom is -0.377 e. The van der Waals surface area contributed by atoms with Gasteiger partial charge in [0.15, 0.2) is 5.82 Å². The molecule has 0 bridgehead atoms. The molecule has 1 saturated heterocycles. The molecule has 1 unspecified atom stereocenters. The molecular weight excluding hydrogens is 454 g/mol. The third-order valence-corrected chi connectivity index (χ3v) is 5.30. The molecule has 1 fully saturated rings. The van der Waals surface area contributed by atoms with E-state index in [9.17, 15) is 8.78 Å². The number of halogens is 2. The van der Waals surface area contributed by atoms with Crippen LogP contribution in [0.3, 0.4) is 0 Å². The zero-order valence-electron chi connectivity index (χ0n) is 19.7. The molecule has 2 aliphatic rings. The van der Waals surface area contributed by atoms with Gasteiger partial charge < -0.3 is 9.64 Å². The summed E-state index contributed by atoms with van der Waals surface area (Å²) in [6.07, 6.45) is 12.6. The first kappa shape index (κ1) is 25.5. The minimum absolute atomic E-state index is 0.121. The highest BCUT2D eigenvalue weighted by Crippen LogP contribution is 2.36. The van der Waals surface area contributed by atoms with Gasteiger partial charge in [-0.05, 0) is 19.1 Å². The summed E-state index contributed by atoms with van der Waals surface area (Å²) in [4.78, 5) is 16.7. The van der Waals surface area contributed by atoms with E-state index >= 15 is 0 Å². The SMILES string of the molecule is C#C.CC.CC(=N)N1C(=N)C2COCCN2c2nc(-n3ccnc3-c3ccc(F)cc3F)ncc21. The van der Waals surface area contributed by atoms with Crippen LogP contribution < -0.4 is 9.80 Å². The molecule has 0 aliphatic carbocycles. The molecule has 182 valence electrons. The fourth-order valence-corrected chi connectivity index (χ4v) is 3.90. The quantitative estimate of drug-likeness (QED) is 0.328. The Kier molecular flexibility index (Phi) is 7.88. The van der Waals surface area contributed by atoms with E-state index in [2.05, 4.69) is 22.8 Å². The number of aromatic nitrogens is 4. The number of imidazole rings is 1. The van der Waals surface area contributed by atoms with Crippen LogP contribution in [0.5, 0.6) is 0 Å². The van der Waals surface area contributed by atoms with Crippen molar-refractivity contribution in [2.45, 2.75) is 26.8 Å². The number of benzene rings is 1. The van der Waals surface area contributed by atoms with E-state index in [0.29, 0.717) is 31.3 Å². The first-order valence-corrected chi connectivity index (χ1v) is 10.9. The topological polar surface area (TPSA) is 107 Å². The second-order valence-corrected chi connectivity index (χ2v) is 7.21. The van der Waals surface area contributed by atoms with Gasteiger partial charge in [-0.1, -0.05) is 13.8 Å². The van der Waals surface area contributed by atoms with Crippen LogP contribution in [0.25, 0.3) is 17.3 Å². The van der Waals surface area contributed by atoms with Gasteiger partial charge in [0.1, 0.15) is 40.9 Å². The monoisotopic (exact) mass is 480 g/mol. The van der Waals surface area contributed by atoms with Crippen LogP contribution in [0, 0.1) is 35.3 Å². The number of fused-ring (bicyclic) bond motifs is 3. The molecule has 4 heterocycles. The number of nitrogens with one attached hydrogen (secondary N) is 2. The van der Waals surface area contributed by atoms with Gasteiger partial charge in [-0.3, -0.25) is 20.3 Å². The maximum absolute atomic E-state index is 14.4. The molecule has 35 heavy (non-hydrogen) atoms. The van der Waals surface area contributed by atoms with E-state index in [1.54, 1.807) is 19.3 Å². The summed E-state index contributed by atoms with van der Waals surface area (Å²) < 4.78 is 34.8. The van der Waals surface area contributed by atoms with Crippen molar-refractivity contribution in [2.24, 2.45) is 0 Å². The second-order valence-electron chi connectivity index (χ2n) is 7.21. The lowest BCUT2D eigenvalue weighted by molar-refractivity contribution is 0.109. The third-order valence-electron chi connectivity index (χ3n) is 5.30. The van der Waals surface area contributed by atoms with Gasteiger partial charge in [0.25, 0.3) is 0 Å². The number of morpholine rings is 1. The fraction of sp³-hybridized carbons (Fsp3) is 0.292. The van der Waals surface area contributed by atoms with Crippen molar-refractivity contribution in [1.82, 2.24) is 19.5 Å². The number of anilines is 2. The van der Waals surface area contributed by atoms with Crippen molar-refractivity contribution in [3.05, 3.63) is 48.4 Å². The molecule has 0 spiro atoms. The van der Waals surface area contributed by atoms with E-state index in [4.69, 9.17) is 20.5 Å². The van der Waals surface area contributed by atoms with Crippen molar-refractivity contribution in [2.75, 3.05) is 29.6 Å². The summed E-state index contributed by atoms with van der Waals surface area (Å²) in [6.45, 7) is 6.93. The van der Waals surface area contributed by atoms with Crippen molar-refractivity contribution in [3.8, 4) is 30.2 Å². The molecule has 2 N–H and O–H groups in total. The summed E-state index contributed by atoms with van der Waals surface area (Å²) in [7, 11) is 0. The highest BCUT2D eigenvalue weighted by Gasteiger charge is 2.40. The molecule has 2 aliphatic heterocycles. The molecular formula is C24H26F2N8O. The molecule has 0 saturated carbocycles. The Labute approximate surface area is 202 Å². The van der Waals surface area contributed by atoms with Gasteiger partial charge in [0, 0.05) is 25.0 Å². The van der Waals surface area contributed by atoms with Crippen LogP contribution in [-0.2, 0) is 4.74 Å². The normalized spacial score (nSPS) is 16.2. The van der Waals surface area contributed by atoms with Crippen LogP contribution in [0.1, 0.15) is 20.8 Å². The second kappa shape index (κ2) is 10.8. The molecule has 1 aromatic carbocycles. The summed E-state index contributed by atoms with van der Waals surface area (Å²) >= 11 is 0. The molecule has 2 aromatic heterocycles. The number of hydrogen-bond acceptors (Lipinski definition) is 7. The molecule has 9 nitrogen and oxygen atoms in total. The Morgan fingerprint density at radius 3 is 2.63 bits per heavy atom. The van der Waals surface area contributed by atoms with Gasteiger partial charge in [0.2, 0.25) is 5.95 Å². The summed E-state index contributed by atoms with van der Waals surface area (Å²) in [6, 6.07) is 2.92. The van der Waals surface area contributed by atoms with Crippen LogP contribution >= 0.6 is 0 Å². The van der Waals surface area contributed by atoms with Crippen LogP contribution in [0.4, 0.5) is 20.3 Å². The Bertz CT molecular complexity index is 1260. The maximum Gasteiger partial charge on any atom is 0.237 e. The Morgan fingerprint density at radius 1 is 1.20 bits per heavy atom. The molecule has 5 rings (SSSR count). The average molecular weight is 481 g/mol. The lowest BCUT2D eigenvalue weighted by Gasteiger charge is -2.45. The maximum atomic E-state index is 14.4. The van der Waals surface area contributed by atoms with Gasteiger partial charge in [0.05, 0.1) is 25.0 Å². The smallest absolute Gasteiger partial charge is 0.237 e. The van der Waals surface area contributed by atoms with Crippen molar-refractivity contribution < 1.29 is 13.5 Å². The molecule has 1 atom stereocenters. The summed E-state index contributed by atoms with van der Waals surface area (Å²) in [5.74, 6) is 0.0262. The van der Waals surface area contributed by atoms with Gasteiger partial charge in [-0.15, -0.1) is 12.8 Å². The molecule has 0 amide bonds. The standard InChI is InChI=1S/C20H18F2N8O.C2H6.C2H2/c1-11(23)30-15-9-26-20(27-19(15)28-6-7-31-10-16(28)17(30)24)29-5-4-25-18(29)13-3-2-12(21)8-14(13)22;2*1-2/h2-5,8-9,16,23-24H,6-7,10H2,1H3;1-2H3;1-2H. The van der Waals surface area contributed by atoms with Crippen LogP contribution in [0.2, 0.25) is 0 Å². The number of hydrogen-bond donors (Lipinski definition) is 2. The molecule has 3 aromatic rings. The van der Waals surface area contributed by atoms with E-state index in [0.717, 1.165) is 6.07 Å². The average Bonchev–Trinajstić information content (AvgIpc) is 3.36. The number of nitrogens with zero attached hydrogens (tertiary/aromatic N) is 6. The lowest BCUT2D eigenvalue weighted by atomic mass is 10.1. The summed E-state index contributed by atoms with van der Waals surface area (Å²) in [5, 5.41) is 16.7. The highest BCUT2D eigenvalue weighted by molar-refractivity contribution is 6.22. The molecule has 11 heteroatoms. The van der Waals surface area contributed by atoms with Gasteiger partial charge >= 0.3 is 0 Å². The van der Waals surface area contributed by atoms with E-state index in [-0.39, 0.29) is 35.0 Å². The van der Waals surface area contributed by atoms with Crippen LogP contribution in [-0.4, -0.2) is 57.0 Å². The van der Waals surface area contributed by atoms with Crippen molar-refractivity contribution in [1.29, 1.82) is 10.8 Å². The van der Waals surface area contributed by atoms with E-state index in [1.807, 2.05) is 18.7 Å². The van der Waals surface area contributed by atoms with Crippen molar-refractivity contribution >= 4 is 23.2 Å². The largest absolute Gasteiger partial charge is 0.377 e. The van der Waals surface area contributed by atoms with Crippen molar-refractivity contribution in [3.63, 3.8) is 0 Å². The van der Waals surface area contributed by atoms with E-state index in [1.165, 1.54) is 27.8 Å². The molecule has 0 radical (unpaired) electrons. The third kappa shape index (κ3) is 4.61. The Morgan fingerprint density at radius 2 is 1.94 bits per heavy atom. The lowest BCUT2D eigenvalue weighted by Crippen LogP contribution is -2.59.